The largest absolute Gasteiger partial charge is 0.300 e. The number of fused-ring (bicyclic) bond motifs is 1. The molecule has 1 aromatic carbocycles. The van der Waals surface area contributed by atoms with Crippen molar-refractivity contribution in [2.24, 2.45) is 23.7 Å². The summed E-state index contributed by atoms with van der Waals surface area (Å²) in [5, 5.41) is 0. The fourth-order valence-electron chi connectivity index (χ4n) is 7.84. The number of carbonyl (C=O) groups is 3. The highest BCUT2D eigenvalue weighted by molar-refractivity contribution is 6.01. The third-order valence-corrected chi connectivity index (χ3v) is 9.79. The number of hydrogen-bond acceptors (Lipinski definition) is 3. The fraction of sp³-hybridized carbons (Fsp3) is 0.639. The summed E-state index contributed by atoms with van der Waals surface area (Å²) in [7, 11) is 0. The maximum absolute atomic E-state index is 13.5. The molecule has 3 unspecified atom stereocenters. The van der Waals surface area contributed by atoms with Crippen LogP contribution in [0.3, 0.4) is 0 Å². The third-order valence-electron chi connectivity index (χ3n) is 9.79. The van der Waals surface area contributed by atoms with E-state index in [1.807, 2.05) is 0 Å². The van der Waals surface area contributed by atoms with Crippen molar-refractivity contribution in [1.29, 1.82) is 0 Å². The van der Waals surface area contributed by atoms with Crippen molar-refractivity contribution in [3.63, 3.8) is 0 Å². The molecule has 3 atom stereocenters. The van der Waals surface area contributed by atoms with E-state index in [2.05, 4.69) is 45.1 Å². The first-order valence-corrected chi connectivity index (χ1v) is 15.9. The molecule has 0 N–H and O–H groups in total. The molecule has 0 spiro atoms. The highest BCUT2D eigenvalue weighted by atomic mass is 16.1. The van der Waals surface area contributed by atoms with Gasteiger partial charge in [-0.25, -0.2) is 0 Å². The van der Waals surface area contributed by atoms with Crippen LogP contribution in [0.25, 0.3) is 5.57 Å². The van der Waals surface area contributed by atoms with Crippen LogP contribution in [0.15, 0.2) is 29.9 Å². The van der Waals surface area contributed by atoms with Gasteiger partial charge in [0, 0.05) is 17.9 Å². The lowest BCUT2D eigenvalue weighted by Crippen LogP contribution is -2.30. The molecular weight excluding hydrogens is 480 g/mol. The van der Waals surface area contributed by atoms with Crippen molar-refractivity contribution in [2.75, 3.05) is 0 Å². The predicted molar refractivity (Wildman–Crippen MR) is 161 cm³/mol. The number of hydrogen-bond donors (Lipinski definition) is 0. The van der Waals surface area contributed by atoms with Crippen LogP contribution >= 0.6 is 0 Å². The van der Waals surface area contributed by atoms with Crippen LogP contribution in [-0.4, -0.2) is 17.3 Å². The van der Waals surface area contributed by atoms with Crippen LogP contribution in [0.5, 0.6) is 0 Å². The average molecular weight is 531 g/mol. The lowest BCUT2D eigenvalue weighted by Gasteiger charge is -2.32. The first kappa shape index (κ1) is 29.7. The third kappa shape index (κ3) is 7.47. The number of allylic oxidation sites excluding steroid dienone is 4. The van der Waals surface area contributed by atoms with Crippen LogP contribution < -0.4 is 0 Å². The van der Waals surface area contributed by atoms with Crippen LogP contribution in [0.2, 0.25) is 0 Å². The molecule has 0 aliphatic heterocycles. The van der Waals surface area contributed by atoms with Crippen LogP contribution in [-0.2, 0) is 16.0 Å². The second-order valence-electron chi connectivity index (χ2n) is 12.9. The van der Waals surface area contributed by atoms with Gasteiger partial charge in [0.25, 0.3) is 0 Å². The van der Waals surface area contributed by atoms with Gasteiger partial charge in [-0.1, -0.05) is 88.7 Å². The van der Waals surface area contributed by atoms with Crippen molar-refractivity contribution in [3.05, 3.63) is 52.1 Å². The number of carbonyl (C=O) groups excluding carboxylic acids is 3. The Balaban J connectivity index is 1.48. The molecule has 4 rings (SSSR count). The number of aryl methyl sites for hydroxylation is 1. The zero-order valence-electron chi connectivity index (χ0n) is 25.0. The Labute approximate surface area is 236 Å². The SMILES string of the molecule is CCCC(CC1CC(=O)c2c(C)ccc(C3=CC=C(CCC4CCCCC4)C3)c2C1)C(CC)C(=O)CC(C)=O. The van der Waals surface area contributed by atoms with Crippen LogP contribution in [0.1, 0.15) is 138 Å². The minimum absolute atomic E-state index is 0.0404. The van der Waals surface area contributed by atoms with Crippen molar-refractivity contribution in [3.8, 4) is 0 Å². The van der Waals surface area contributed by atoms with Gasteiger partial charge in [0.15, 0.2) is 5.78 Å². The number of Topliss-reactive ketones (excluding diaryl/α,β-unsaturated/α-hetero) is 3. The summed E-state index contributed by atoms with van der Waals surface area (Å²) in [4.78, 5) is 38.2. The monoisotopic (exact) mass is 530 g/mol. The molecule has 3 heteroatoms. The predicted octanol–water partition coefficient (Wildman–Crippen LogP) is 9.19. The molecule has 3 aliphatic rings. The summed E-state index contributed by atoms with van der Waals surface area (Å²) in [6, 6.07) is 4.39. The number of benzene rings is 1. The molecule has 39 heavy (non-hydrogen) atoms. The van der Waals surface area contributed by atoms with Gasteiger partial charge in [-0.3, -0.25) is 14.4 Å². The summed E-state index contributed by atoms with van der Waals surface area (Å²) < 4.78 is 0. The molecule has 0 heterocycles. The minimum atomic E-state index is -0.0872. The Morgan fingerprint density at radius 2 is 1.77 bits per heavy atom. The van der Waals surface area contributed by atoms with Crippen LogP contribution in [0, 0.1) is 30.6 Å². The summed E-state index contributed by atoms with van der Waals surface area (Å²) in [6.07, 6.45) is 20.4. The maximum atomic E-state index is 13.5. The van der Waals surface area contributed by atoms with Crippen molar-refractivity contribution in [2.45, 2.75) is 124 Å². The lowest BCUT2D eigenvalue weighted by atomic mass is 9.71. The second-order valence-corrected chi connectivity index (χ2v) is 12.9. The van der Waals surface area contributed by atoms with Gasteiger partial charge in [0.1, 0.15) is 11.6 Å². The van der Waals surface area contributed by atoms with E-state index in [0.717, 1.165) is 55.6 Å². The molecule has 1 saturated carbocycles. The maximum Gasteiger partial charge on any atom is 0.163 e. The van der Waals surface area contributed by atoms with Gasteiger partial charge in [-0.2, -0.15) is 0 Å². The van der Waals surface area contributed by atoms with Gasteiger partial charge in [0.2, 0.25) is 0 Å². The van der Waals surface area contributed by atoms with Gasteiger partial charge in [0.05, 0.1) is 6.42 Å². The first-order chi connectivity index (χ1) is 18.8. The van der Waals surface area contributed by atoms with E-state index in [1.54, 1.807) is 5.57 Å². The molecule has 1 fully saturated rings. The number of rotatable bonds is 13. The van der Waals surface area contributed by atoms with E-state index in [0.29, 0.717) is 6.42 Å². The highest BCUT2D eigenvalue weighted by Crippen LogP contribution is 2.41. The van der Waals surface area contributed by atoms with Crippen molar-refractivity contribution in [1.82, 2.24) is 0 Å². The fourth-order valence-corrected chi connectivity index (χ4v) is 7.84. The summed E-state index contributed by atoms with van der Waals surface area (Å²) in [6.45, 7) is 7.82. The van der Waals surface area contributed by atoms with Gasteiger partial charge in [-0.05, 0) is 92.4 Å². The molecule has 0 radical (unpaired) electrons. The normalized spacial score (nSPS) is 21.2. The van der Waals surface area contributed by atoms with E-state index in [9.17, 15) is 14.4 Å². The molecule has 1 aromatic rings. The highest BCUT2D eigenvalue weighted by Gasteiger charge is 2.34. The Hall–Kier alpha value is -2.29. The molecule has 0 saturated heterocycles. The van der Waals surface area contributed by atoms with E-state index in [-0.39, 0.29) is 41.5 Å². The standard InChI is InChI=1S/C36H50O3/c1-5-10-29(31(6-2)34(38)19-25(4)37)21-28-22-33-32(18-13-24(3)36(33)35(39)23-28)30-17-16-27(20-30)15-14-26-11-8-7-9-12-26/h13,16-18,26,28-29,31H,5-12,14-15,19-23H2,1-4H3. The van der Waals surface area contributed by atoms with Gasteiger partial charge >= 0.3 is 0 Å². The lowest BCUT2D eigenvalue weighted by molar-refractivity contribution is -0.129. The summed E-state index contributed by atoms with van der Waals surface area (Å²) in [5.74, 6) is 1.61. The Morgan fingerprint density at radius 3 is 2.46 bits per heavy atom. The molecule has 0 aromatic heterocycles. The first-order valence-electron chi connectivity index (χ1n) is 15.9. The Bertz CT molecular complexity index is 1110. The van der Waals surface area contributed by atoms with E-state index in [1.165, 1.54) is 68.6 Å². The Morgan fingerprint density at radius 1 is 1.00 bits per heavy atom. The summed E-state index contributed by atoms with van der Waals surface area (Å²) >= 11 is 0. The molecule has 0 bridgehead atoms. The average Bonchev–Trinajstić information content (AvgIpc) is 3.37. The van der Waals surface area contributed by atoms with Gasteiger partial charge < -0.3 is 0 Å². The van der Waals surface area contributed by atoms with Crippen LogP contribution in [0.4, 0.5) is 0 Å². The van der Waals surface area contributed by atoms with E-state index in [4.69, 9.17) is 0 Å². The smallest absolute Gasteiger partial charge is 0.163 e. The Kier molecular flexibility index (Phi) is 10.6. The topological polar surface area (TPSA) is 51.2 Å². The number of ketones is 3. The van der Waals surface area contributed by atoms with Crippen molar-refractivity contribution >= 4 is 22.9 Å². The molecule has 3 nitrogen and oxygen atoms in total. The van der Waals surface area contributed by atoms with Gasteiger partial charge in [-0.15, -0.1) is 0 Å². The second kappa shape index (κ2) is 13.9. The molecule has 0 amide bonds. The molecule has 212 valence electrons. The van der Waals surface area contributed by atoms with E-state index < -0.39 is 0 Å². The zero-order chi connectivity index (χ0) is 27.9. The quantitative estimate of drug-likeness (QED) is 0.239. The minimum Gasteiger partial charge on any atom is -0.300 e. The van der Waals surface area contributed by atoms with E-state index >= 15 is 0 Å². The zero-order valence-corrected chi connectivity index (χ0v) is 25.0. The van der Waals surface area contributed by atoms with Crippen molar-refractivity contribution < 1.29 is 14.4 Å². The molecular formula is C36H50O3. The summed E-state index contributed by atoms with van der Waals surface area (Å²) in [5.41, 5.74) is 7.46. The molecule has 3 aliphatic carbocycles.